The smallest absolute Gasteiger partial charge is 0.259 e. The second-order valence-corrected chi connectivity index (χ2v) is 6.00. The summed E-state index contributed by atoms with van der Waals surface area (Å²) in [5.41, 5.74) is 7.86. The Bertz CT molecular complexity index is 1120. The summed E-state index contributed by atoms with van der Waals surface area (Å²) in [6.07, 6.45) is 9.17. The third kappa shape index (κ3) is 3.59. The molecule has 4 aromatic rings. The molecule has 134 valence electrons. The fraction of sp³-hybridized carbons (Fsp3) is 0.105. The fourth-order valence-electron chi connectivity index (χ4n) is 2.83. The minimum atomic E-state index is -0.191. The molecule has 0 aromatic carbocycles. The number of aromatic nitrogens is 5. The summed E-state index contributed by atoms with van der Waals surface area (Å²) in [6, 6.07) is 7.59. The van der Waals surface area contributed by atoms with E-state index in [0.29, 0.717) is 23.4 Å². The van der Waals surface area contributed by atoms with Crippen LogP contribution in [-0.4, -0.2) is 31.5 Å². The molecule has 4 heterocycles. The van der Waals surface area contributed by atoms with Crippen LogP contribution in [0.2, 0.25) is 0 Å². The average molecular weight is 359 g/mol. The van der Waals surface area contributed by atoms with Crippen LogP contribution in [0.4, 0.5) is 11.8 Å². The van der Waals surface area contributed by atoms with Gasteiger partial charge in [0.1, 0.15) is 5.82 Å². The maximum absolute atomic E-state index is 12.3. The highest BCUT2D eigenvalue weighted by molar-refractivity contribution is 5.93. The van der Waals surface area contributed by atoms with Crippen LogP contribution in [0.5, 0.6) is 0 Å². The van der Waals surface area contributed by atoms with Crippen LogP contribution in [0, 0.1) is 0 Å². The lowest BCUT2D eigenvalue weighted by Gasteiger charge is -2.11. The van der Waals surface area contributed by atoms with Crippen LogP contribution < -0.4 is 16.6 Å². The van der Waals surface area contributed by atoms with E-state index < -0.39 is 0 Å². The molecule has 0 aliphatic heterocycles. The minimum absolute atomic E-state index is 0.191. The van der Waals surface area contributed by atoms with Gasteiger partial charge >= 0.3 is 0 Å². The van der Waals surface area contributed by atoms with E-state index in [9.17, 15) is 4.79 Å². The van der Waals surface area contributed by atoms with Gasteiger partial charge in [0.25, 0.3) is 5.56 Å². The lowest BCUT2D eigenvalue weighted by atomic mass is 10.1. The maximum Gasteiger partial charge on any atom is 0.259 e. The van der Waals surface area contributed by atoms with Gasteiger partial charge in [-0.3, -0.25) is 9.78 Å². The van der Waals surface area contributed by atoms with Gasteiger partial charge < -0.3 is 16.0 Å². The van der Waals surface area contributed by atoms with Crippen LogP contribution in [0.3, 0.4) is 0 Å². The third-order valence-corrected chi connectivity index (χ3v) is 4.15. The normalized spacial score (nSPS) is 10.8. The molecule has 0 fully saturated rings. The fourth-order valence-corrected chi connectivity index (χ4v) is 2.83. The average Bonchev–Trinajstić information content (AvgIpc) is 2.69. The molecule has 4 N–H and O–H groups in total. The summed E-state index contributed by atoms with van der Waals surface area (Å²) in [7, 11) is 0. The van der Waals surface area contributed by atoms with Crippen LogP contribution in [0.1, 0.15) is 5.56 Å². The Balaban J connectivity index is 1.70. The number of H-pyrrole nitrogens is 1. The van der Waals surface area contributed by atoms with Gasteiger partial charge in [0.05, 0.1) is 11.1 Å². The van der Waals surface area contributed by atoms with Crippen LogP contribution in [-0.2, 0) is 6.42 Å². The van der Waals surface area contributed by atoms with Gasteiger partial charge in [-0.2, -0.15) is 0 Å². The van der Waals surface area contributed by atoms with Crippen molar-refractivity contribution in [1.29, 1.82) is 0 Å². The molecule has 0 aliphatic rings. The molecule has 0 unspecified atom stereocenters. The Morgan fingerprint density at radius 3 is 2.78 bits per heavy atom. The number of fused-ring (bicyclic) bond motifs is 1. The number of aromatic amines is 1. The van der Waals surface area contributed by atoms with E-state index in [1.54, 1.807) is 24.8 Å². The first-order valence-electron chi connectivity index (χ1n) is 8.44. The number of nitrogen functional groups attached to an aromatic ring is 1. The molecule has 0 atom stereocenters. The number of anilines is 2. The molecule has 4 rings (SSSR count). The Morgan fingerprint density at radius 2 is 2.00 bits per heavy atom. The Hall–Kier alpha value is -3.81. The van der Waals surface area contributed by atoms with Gasteiger partial charge in [0, 0.05) is 43.1 Å². The Labute approximate surface area is 154 Å². The zero-order valence-corrected chi connectivity index (χ0v) is 14.4. The number of pyridine rings is 3. The van der Waals surface area contributed by atoms with E-state index in [1.165, 1.54) is 0 Å². The molecule has 0 bridgehead atoms. The molecule has 0 saturated heterocycles. The monoisotopic (exact) mass is 359 g/mol. The van der Waals surface area contributed by atoms with Gasteiger partial charge in [-0.05, 0) is 35.6 Å². The van der Waals surface area contributed by atoms with Crippen molar-refractivity contribution in [2.24, 2.45) is 0 Å². The first-order chi connectivity index (χ1) is 13.2. The Morgan fingerprint density at radius 1 is 1.15 bits per heavy atom. The van der Waals surface area contributed by atoms with Gasteiger partial charge in [-0.15, -0.1) is 0 Å². The summed E-state index contributed by atoms with van der Waals surface area (Å²) < 4.78 is 0. The second-order valence-electron chi connectivity index (χ2n) is 6.00. The number of nitrogens with two attached hydrogens (primary N) is 1. The minimum Gasteiger partial charge on any atom is -0.369 e. The van der Waals surface area contributed by atoms with Gasteiger partial charge in [-0.25, -0.2) is 15.0 Å². The quantitative estimate of drug-likeness (QED) is 0.498. The zero-order valence-electron chi connectivity index (χ0n) is 14.4. The molecule has 0 saturated carbocycles. The van der Waals surface area contributed by atoms with E-state index in [4.69, 9.17) is 5.73 Å². The standard InChI is InChI=1S/C19H17N7O/c20-19-24-10-14(11-25-19)15-8-13-4-7-23-18(27)16(13)17(26-15)22-6-3-12-2-1-5-21-9-12/h1-2,4-5,7-11H,3,6H2,(H,22,26)(H,23,27)(H2,20,24,25). The molecule has 8 nitrogen and oxygen atoms in total. The Kier molecular flexibility index (Phi) is 4.44. The van der Waals surface area contributed by atoms with E-state index in [1.807, 2.05) is 30.5 Å². The van der Waals surface area contributed by atoms with Crippen molar-refractivity contribution in [1.82, 2.24) is 24.9 Å². The highest BCUT2D eigenvalue weighted by Gasteiger charge is 2.11. The summed E-state index contributed by atoms with van der Waals surface area (Å²) in [4.78, 5) is 31.8. The second kappa shape index (κ2) is 7.20. The van der Waals surface area contributed by atoms with Crippen LogP contribution in [0.25, 0.3) is 22.0 Å². The summed E-state index contributed by atoms with van der Waals surface area (Å²) in [6.45, 7) is 0.615. The van der Waals surface area contributed by atoms with E-state index >= 15 is 0 Å². The molecule has 0 amide bonds. The number of nitrogens with one attached hydrogen (secondary N) is 2. The topological polar surface area (TPSA) is 122 Å². The van der Waals surface area contributed by atoms with Crippen molar-refractivity contribution >= 4 is 22.5 Å². The first-order valence-corrected chi connectivity index (χ1v) is 8.44. The molecule has 4 aromatic heterocycles. The first kappa shape index (κ1) is 16.6. The van der Waals surface area contributed by atoms with Crippen molar-refractivity contribution in [2.75, 3.05) is 17.6 Å². The molecular weight excluding hydrogens is 342 g/mol. The van der Waals surface area contributed by atoms with E-state index in [2.05, 4.69) is 30.2 Å². The summed E-state index contributed by atoms with van der Waals surface area (Å²) in [5, 5.41) is 4.57. The molecule has 0 spiro atoms. The van der Waals surface area contributed by atoms with Crippen molar-refractivity contribution in [3.8, 4) is 11.3 Å². The largest absolute Gasteiger partial charge is 0.369 e. The number of hydrogen-bond donors (Lipinski definition) is 3. The van der Waals surface area contributed by atoms with Gasteiger partial charge in [0.15, 0.2) is 0 Å². The van der Waals surface area contributed by atoms with Crippen LogP contribution in [0.15, 0.2) is 60.0 Å². The molecule has 0 radical (unpaired) electrons. The third-order valence-electron chi connectivity index (χ3n) is 4.15. The highest BCUT2D eigenvalue weighted by atomic mass is 16.1. The molecular formula is C19H17N7O. The predicted molar refractivity (Wildman–Crippen MR) is 104 cm³/mol. The van der Waals surface area contributed by atoms with Crippen molar-refractivity contribution < 1.29 is 0 Å². The lowest BCUT2D eigenvalue weighted by Crippen LogP contribution is -2.13. The summed E-state index contributed by atoms with van der Waals surface area (Å²) in [5.74, 6) is 0.718. The van der Waals surface area contributed by atoms with E-state index in [-0.39, 0.29) is 11.5 Å². The van der Waals surface area contributed by atoms with Crippen molar-refractivity contribution in [3.63, 3.8) is 0 Å². The number of hydrogen-bond acceptors (Lipinski definition) is 7. The van der Waals surface area contributed by atoms with Crippen LogP contribution >= 0.6 is 0 Å². The molecule has 0 aliphatic carbocycles. The lowest BCUT2D eigenvalue weighted by molar-refractivity contribution is 0.996. The summed E-state index contributed by atoms with van der Waals surface area (Å²) >= 11 is 0. The maximum atomic E-state index is 12.3. The highest BCUT2D eigenvalue weighted by Crippen LogP contribution is 2.25. The van der Waals surface area contributed by atoms with E-state index in [0.717, 1.165) is 22.9 Å². The number of rotatable bonds is 5. The van der Waals surface area contributed by atoms with Crippen molar-refractivity contribution in [3.05, 3.63) is 71.2 Å². The van der Waals surface area contributed by atoms with Crippen molar-refractivity contribution in [2.45, 2.75) is 6.42 Å². The zero-order chi connectivity index (χ0) is 18.6. The molecule has 8 heteroatoms. The molecule has 27 heavy (non-hydrogen) atoms. The van der Waals surface area contributed by atoms with Gasteiger partial charge in [0.2, 0.25) is 5.95 Å². The van der Waals surface area contributed by atoms with Gasteiger partial charge in [-0.1, -0.05) is 6.07 Å². The predicted octanol–water partition coefficient (Wildman–Crippen LogP) is 2.01. The number of nitrogens with zero attached hydrogens (tertiary/aromatic N) is 4. The SMILES string of the molecule is Nc1ncc(-c2cc3cc[nH]c(=O)c3c(NCCc3cccnc3)n2)cn1.